The largest absolute Gasteiger partial charge is 0.486 e. The number of benzene rings is 1. The molecule has 0 radical (unpaired) electrons. The Morgan fingerprint density at radius 1 is 1.39 bits per heavy atom. The van der Waals surface area contributed by atoms with Crippen LogP contribution in [0.2, 0.25) is 0 Å². The van der Waals surface area contributed by atoms with Crippen LogP contribution in [0.25, 0.3) is 0 Å². The van der Waals surface area contributed by atoms with Crippen LogP contribution in [0.5, 0.6) is 5.75 Å². The molecule has 1 saturated heterocycles. The number of piperidine rings is 1. The summed E-state index contributed by atoms with van der Waals surface area (Å²) in [7, 11) is 0. The van der Waals surface area contributed by atoms with Crippen LogP contribution in [0.1, 0.15) is 13.3 Å². The van der Waals surface area contributed by atoms with E-state index in [9.17, 15) is 9.90 Å². The van der Waals surface area contributed by atoms with Crippen molar-refractivity contribution < 1.29 is 14.6 Å². The number of amides is 1. The van der Waals surface area contributed by atoms with Gasteiger partial charge in [0.1, 0.15) is 24.0 Å². The van der Waals surface area contributed by atoms with Gasteiger partial charge in [-0.3, -0.25) is 9.48 Å². The minimum absolute atomic E-state index is 0.0224. The van der Waals surface area contributed by atoms with Crippen molar-refractivity contribution in [2.24, 2.45) is 0 Å². The molecule has 1 amide bonds. The molecule has 122 valence electrons. The summed E-state index contributed by atoms with van der Waals surface area (Å²) in [5.41, 5.74) is -0.960. The van der Waals surface area contributed by atoms with Crippen molar-refractivity contribution in [3.8, 4) is 5.75 Å². The van der Waals surface area contributed by atoms with Crippen LogP contribution < -0.4 is 4.74 Å². The van der Waals surface area contributed by atoms with Crippen molar-refractivity contribution in [2.75, 3.05) is 13.1 Å². The standard InChI is InChI=1S/C17H21N3O3/c1-17(22)8-11-19(16(21)13-20-10-5-9-18-20)12-15(17)23-14-6-3-2-4-7-14/h2-7,9-10,15,22H,8,11-13H2,1H3/t15-,17-/m1/s1. The van der Waals surface area contributed by atoms with E-state index in [1.54, 1.807) is 35.0 Å². The highest BCUT2D eigenvalue weighted by molar-refractivity contribution is 5.76. The Bertz CT molecular complexity index is 640. The van der Waals surface area contributed by atoms with Gasteiger partial charge in [-0.2, -0.15) is 5.10 Å². The van der Waals surface area contributed by atoms with Gasteiger partial charge in [-0.1, -0.05) is 18.2 Å². The summed E-state index contributed by atoms with van der Waals surface area (Å²) in [6.45, 7) is 2.84. The fourth-order valence-electron chi connectivity index (χ4n) is 2.70. The van der Waals surface area contributed by atoms with E-state index in [0.717, 1.165) is 0 Å². The van der Waals surface area contributed by atoms with Crippen LogP contribution in [0.15, 0.2) is 48.8 Å². The predicted octanol–water partition coefficient (Wildman–Crippen LogP) is 1.31. The molecule has 1 aromatic carbocycles. The Labute approximate surface area is 135 Å². The Hall–Kier alpha value is -2.34. The lowest BCUT2D eigenvalue weighted by Gasteiger charge is -2.42. The highest BCUT2D eigenvalue weighted by Crippen LogP contribution is 2.26. The van der Waals surface area contributed by atoms with E-state index < -0.39 is 11.7 Å². The van der Waals surface area contributed by atoms with Gasteiger partial charge in [-0.25, -0.2) is 0 Å². The van der Waals surface area contributed by atoms with Gasteiger partial charge in [-0.05, 0) is 31.5 Å². The number of hydrogen-bond donors (Lipinski definition) is 1. The highest BCUT2D eigenvalue weighted by atomic mass is 16.5. The van der Waals surface area contributed by atoms with E-state index >= 15 is 0 Å². The number of aromatic nitrogens is 2. The lowest BCUT2D eigenvalue weighted by molar-refractivity contribution is -0.144. The Balaban J connectivity index is 1.67. The molecule has 6 nitrogen and oxygen atoms in total. The van der Waals surface area contributed by atoms with E-state index in [0.29, 0.717) is 25.3 Å². The zero-order valence-corrected chi connectivity index (χ0v) is 13.1. The predicted molar refractivity (Wildman–Crippen MR) is 84.9 cm³/mol. The molecule has 0 aliphatic carbocycles. The zero-order valence-electron chi connectivity index (χ0n) is 13.1. The van der Waals surface area contributed by atoms with Crippen molar-refractivity contribution in [3.63, 3.8) is 0 Å². The van der Waals surface area contributed by atoms with Gasteiger partial charge < -0.3 is 14.7 Å². The smallest absolute Gasteiger partial charge is 0.244 e. The molecule has 1 N–H and O–H groups in total. The van der Waals surface area contributed by atoms with Crippen LogP contribution in [-0.4, -0.2) is 50.5 Å². The molecule has 2 heterocycles. The second-order valence-corrected chi connectivity index (χ2v) is 6.07. The first-order valence-corrected chi connectivity index (χ1v) is 7.74. The fourth-order valence-corrected chi connectivity index (χ4v) is 2.70. The van der Waals surface area contributed by atoms with Gasteiger partial charge in [0, 0.05) is 18.9 Å². The van der Waals surface area contributed by atoms with E-state index in [-0.39, 0.29) is 12.5 Å². The van der Waals surface area contributed by atoms with Crippen molar-refractivity contribution in [3.05, 3.63) is 48.8 Å². The summed E-state index contributed by atoms with van der Waals surface area (Å²) >= 11 is 0. The van der Waals surface area contributed by atoms with E-state index in [2.05, 4.69) is 5.10 Å². The van der Waals surface area contributed by atoms with E-state index in [1.165, 1.54) is 0 Å². The van der Waals surface area contributed by atoms with Gasteiger partial charge in [0.15, 0.2) is 0 Å². The van der Waals surface area contributed by atoms with Crippen LogP contribution >= 0.6 is 0 Å². The van der Waals surface area contributed by atoms with Crippen molar-refractivity contribution in [1.29, 1.82) is 0 Å². The van der Waals surface area contributed by atoms with Crippen LogP contribution in [0, 0.1) is 0 Å². The molecule has 0 saturated carbocycles. The molecule has 0 unspecified atom stereocenters. The van der Waals surface area contributed by atoms with Gasteiger partial charge in [0.05, 0.1) is 6.54 Å². The number of carbonyl (C=O) groups is 1. The molecule has 3 rings (SSSR count). The number of nitrogens with zero attached hydrogens (tertiary/aromatic N) is 3. The number of aliphatic hydroxyl groups is 1. The number of likely N-dealkylation sites (tertiary alicyclic amines) is 1. The summed E-state index contributed by atoms with van der Waals surface area (Å²) in [4.78, 5) is 14.1. The Kier molecular flexibility index (Phi) is 4.34. The first-order valence-electron chi connectivity index (χ1n) is 7.74. The molecule has 23 heavy (non-hydrogen) atoms. The molecule has 6 heteroatoms. The Morgan fingerprint density at radius 3 is 2.87 bits per heavy atom. The number of para-hydroxylation sites is 1. The zero-order chi connectivity index (χ0) is 16.3. The summed E-state index contributed by atoms with van der Waals surface area (Å²) in [5.74, 6) is 0.671. The lowest BCUT2D eigenvalue weighted by Crippen LogP contribution is -2.58. The Morgan fingerprint density at radius 2 is 2.17 bits per heavy atom. The second-order valence-electron chi connectivity index (χ2n) is 6.07. The third kappa shape index (κ3) is 3.71. The average Bonchev–Trinajstić information content (AvgIpc) is 3.03. The molecule has 1 aliphatic heterocycles. The monoisotopic (exact) mass is 315 g/mol. The maximum absolute atomic E-state index is 12.4. The molecule has 2 atom stereocenters. The number of carbonyl (C=O) groups excluding carboxylic acids is 1. The van der Waals surface area contributed by atoms with Gasteiger partial charge in [0.25, 0.3) is 0 Å². The summed E-state index contributed by atoms with van der Waals surface area (Å²) in [6, 6.07) is 11.2. The lowest BCUT2D eigenvalue weighted by atomic mass is 9.90. The molecule has 1 fully saturated rings. The highest BCUT2D eigenvalue weighted by Gasteiger charge is 2.40. The summed E-state index contributed by atoms with van der Waals surface area (Å²) in [5, 5.41) is 14.6. The molecule has 1 aromatic heterocycles. The average molecular weight is 315 g/mol. The number of hydrogen-bond acceptors (Lipinski definition) is 4. The van der Waals surface area contributed by atoms with Crippen molar-refractivity contribution in [2.45, 2.75) is 31.6 Å². The van der Waals surface area contributed by atoms with Crippen molar-refractivity contribution in [1.82, 2.24) is 14.7 Å². The minimum atomic E-state index is -0.960. The summed E-state index contributed by atoms with van der Waals surface area (Å²) < 4.78 is 7.52. The van der Waals surface area contributed by atoms with Crippen LogP contribution in [0.3, 0.4) is 0 Å². The quantitative estimate of drug-likeness (QED) is 0.924. The minimum Gasteiger partial charge on any atom is -0.486 e. The maximum Gasteiger partial charge on any atom is 0.244 e. The number of rotatable bonds is 4. The molecule has 0 bridgehead atoms. The molecule has 0 spiro atoms. The molecule has 1 aliphatic rings. The molecular weight excluding hydrogens is 294 g/mol. The molecule has 2 aromatic rings. The number of ether oxygens (including phenoxy) is 1. The fraction of sp³-hybridized carbons (Fsp3) is 0.412. The second kappa shape index (κ2) is 6.42. The normalized spacial score (nSPS) is 24.4. The van der Waals surface area contributed by atoms with Crippen LogP contribution in [0.4, 0.5) is 0 Å². The summed E-state index contributed by atoms with van der Waals surface area (Å²) in [6.07, 6.45) is 3.43. The van der Waals surface area contributed by atoms with Crippen molar-refractivity contribution >= 4 is 5.91 Å². The van der Waals surface area contributed by atoms with Gasteiger partial charge in [-0.15, -0.1) is 0 Å². The SMILES string of the molecule is C[C@@]1(O)CCN(C(=O)Cn2cccn2)C[C@H]1Oc1ccccc1. The first-order chi connectivity index (χ1) is 11.0. The third-order valence-corrected chi connectivity index (χ3v) is 4.20. The maximum atomic E-state index is 12.4. The third-order valence-electron chi connectivity index (χ3n) is 4.20. The van der Waals surface area contributed by atoms with Crippen LogP contribution in [-0.2, 0) is 11.3 Å². The first kappa shape index (κ1) is 15.6. The van der Waals surface area contributed by atoms with Gasteiger partial charge in [0.2, 0.25) is 5.91 Å². The topological polar surface area (TPSA) is 67.6 Å². The van der Waals surface area contributed by atoms with E-state index in [1.807, 2.05) is 30.3 Å². The molecular formula is C17H21N3O3. The van der Waals surface area contributed by atoms with E-state index in [4.69, 9.17) is 4.74 Å². The van der Waals surface area contributed by atoms with Gasteiger partial charge >= 0.3 is 0 Å².